The quantitative estimate of drug-likeness (QED) is 0.383. The largest absolute Gasteiger partial charge is 0.377 e. The number of benzene rings is 2. The Bertz CT molecular complexity index is 1340. The molecule has 0 N–H and O–H groups in total. The highest BCUT2D eigenvalue weighted by Crippen LogP contribution is 2.33. The van der Waals surface area contributed by atoms with Crippen molar-refractivity contribution < 1.29 is 17.9 Å². The van der Waals surface area contributed by atoms with E-state index in [1.165, 1.54) is 27.8 Å². The van der Waals surface area contributed by atoms with Crippen LogP contribution in [0.25, 0.3) is 10.2 Å². The van der Waals surface area contributed by atoms with Crippen molar-refractivity contribution in [3.8, 4) is 0 Å². The number of fused-ring (bicyclic) bond motifs is 1. The maximum atomic E-state index is 13.6. The molecule has 3 aromatic rings. The van der Waals surface area contributed by atoms with Crippen LogP contribution in [0, 0.1) is 13.8 Å². The maximum Gasteiger partial charge on any atom is 0.260 e. The predicted molar refractivity (Wildman–Crippen MR) is 152 cm³/mol. The van der Waals surface area contributed by atoms with Crippen LogP contribution < -0.4 is 4.90 Å². The number of nitrogens with zero attached hydrogens (tertiary/aromatic N) is 4. The Balaban J connectivity index is 0.00000380. The summed E-state index contributed by atoms with van der Waals surface area (Å²) >= 11 is 1.50. The van der Waals surface area contributed by atoms with Crippen LogP contribution in [0.15, 0.2) is 41.3 Å². The van der Waals surface area contributed by atoms with Crippen molar-refractivity contribution in [1.82, 2.24) is 14.2 Å². The number of aromatic nitrogens is 1. The molecule has 1 aliphatic heterocycles. The number of amides is 1. The summed E-state index contributed by atoms with van der Waals surface area (Å²) in [5.41, 5.74) is 3.56. The van der Waals surface area contributed by atoms with E-state index in [4.69, 9.17) is 9.72 Å². The van der Waals surface area contributed by atoms with Crippen LogP contribution in [-0.2, 0) is 14.8 Å². The average molecular weight is 567 g/mol. The van der Waals surface area contributed by atoms with E-state index in [0.29, 0.717) is 36.9 Å². The number of hydrogen-bond donors (Lipinski definition) is 0. The van der Waals surface area contributed by atoms with Gasteiger partial charge in [0.25, 0.3) is 5.91 Å². The first kappa shape index (κ1) is 29.5. The van der Waals surface area contributed by atoms with Crippen LogP contribution >= 0.6 is 23.7 Å². The van der Waals surface area contributed by atoms with Crippen LogP contribution in [0.3, 0.4) is 0 Å². The van der Waals surface area contributed by atoms with Crippen molar-refractivity contribution in [3.63, 3.8) is 0 Å². The highest BCUT2D eigenvalue weighted by molar-refractivity contribution is 7.89. The highest BCUT2D eigenvalue weighted by atomic mass is 35.5. The minimum absolute atomic E-state index is 0. The number of carbonyl (C=O) groups is 1. The van der Waals surface area contributed by atoms with Crippen LogP contribution in [-0.4, -0.2) is 82.0 Å². The van der Waals surface area contributed by atoms with Gasteiger partial charge in [-0.1, -0.05) is 17.4 Å². The molecule has 1 amide bonds. The second-order valence-electron chi connectivity index (χ2n) is 9.63. The van der Waals surface area contributed by atoms with E-state index < -0.39 is 10.0 Å². The maximum absolute atomic E-state index is 13.6. The molecule has 37 heavy (non-hydrogen) atoms. The number of likely N-dealkylation sites (N-methyl/N-ethyl adjacent to an activating group) is 2. The van der Waals surface area contributed by atoms with Gasteiger partial charge in [0.2, 0.25) is 10.0 Å². The van der Waals surface area contributed by atoms with Crippen molar-refractivity contribution in [2.45, 2.75) is 37.7 Å². The molecule has 0 saturated carbocycles. The van der Waals surface area contributed by atoms with Crippen molar-refractivity contribution in [2.24, 2.45) is 0 Å². The van der Waals surface area contributed by atoms with E-state index in [1.807, 2.05) is 32.0 Å². The van der Waals surface area contributed by atoms with Gasteiger partial charge in [0.05, 0.1) is 21.2 Å². The van der Waals surface area contributed by atoms with E-state index in [-0.39, 0.29) is 29.3 Å². The topological polar surface area (TPSA) is 83.1 Å². The number of ether oxygens (including phenoxy) is 1. The lowest BCUT2D eigenvalue weighted by atomic mass is 10.1. The van der Waals surface area contributed by atoms with Crippen LogP contribution in [0.5, 0.6) is 0 Å². The second-order valence-corrected chi connectivity index (χ2v) is 12.7. The van der Waals surface area contributed by atoms with Gasteiger partial charge < -0.3 is 9.64 Å². The third-order valence-corrected chi connectivity index (χ3v) is 9.42. The summed E-state index contributed by atoms with van der Waals surface area (Å²) in [5.74, 6) is -0.207. The second kappa shape index (κ2) is 12.2. The Morgan fingerprint density at radius 2 is 1.81 bits per heavy atom. The van der Waals surface area contributed by atoms with Gasteiger partial charge in [0.15, 0.2) is 5.13 Å². The van der Waals surface area contributed by atoms with Crippen molar-refractivity contribution in [2.75, 3.05) is 52.3 Å². The summed E-state index contributed by atoms with van der Waals surface area (Å²) in [6, 6.07) is 10.3. The van der Waals surface area contributed by atoms with Crippen molar-refractivity contribution in [1.29, 1.82) is 0 Å². The normalized spacial score (nSPS) is 15.9. The molecule has 8 nitrogen and oxygen atoms in total. The molecule has 11 heteroatoms. The third-order valence-electron chi connectivity index (χ3n) is 6.35. The summed E-state index contributed by atoms with van der Waals surface area (Å²) in [6.07, 6.45) is 1.74. The molecule has 0 aliphatic carbocycles. The van der Waals surface area contributed by atoms with E-state index in [2.05, 4.69) is 13.0 Å². The van der Waals surface area contributed by atoms with Crippen molar-refractivity contribution in [3.05, 3.63) is 53.1 Å². The van der Waals surface area contributed by atoms with Gasteiger partial charge in [-0.05, 0) is 82.2 Å². The molecule has 0 spiro atoms. The SMILES string of the molecule is Cc1cc(C)c2sc(N(CCN(C)C)C(=O)c3ccc(S(=O)(=O)N(C)CC4CCCO4)cc3)nc2c1.Cl. The summed E-state index contributed by atoms with van der Waals surface area (Å²) in [5, 5.41) is 0.638. The summed E-state index contributed by atoms with van der Waals surface area (Å²) in [6.45, 7) is 6.21. The summed E-state index contributed by atoms with van der Waals surface area (Å²) < 4.78 is 34.1. The van der Waals surface area contributed by atoms with E-state index in [9.17, 15) is 13.2 Å². The van der Waals surface area contributed by atoms with Crippen molar-refractivity contribution >= 4 is 55.0 Å². The summed E-state index contributed by atoms with van der Waals surface area (Å²) in [7, 11) is 1.81. The lowest BCUT2D eigenvalue weighted by Gasteiger charge is -2.22. The Morgan fingerprint density at radius 1 is 1.11 bits per heavy atom. The molecule has 2 heterocycles. The Kier molecular flexibility index (Phi) is 9.71. The fraction of sp³-hybridized carbons (Fsp3) is 0.462. The highest BCUT2D eigenvalue weighted by Gasteiger charge is 2.27. The zero-order valence-electron chi connectivity index (χ0n) is 21.9. The van der Waals surface area contributed by atoms with Gasteiger partial charge in [-0.25, -0.2) is 13.4 Å². The van der Waals surface area contributed by atoms with Gasteiger partial charge in [0.1, 0.15) is 0 Å². The third kappa shape index (κ3) is 6.68. The molecule has 0 bridgehead atoms. The number of aryl methyl sites for hydroxylation is 2. The number of hydrogen-bond acceptors (Lipinski definition) is 7. The fourth-order valence-electron chi connectivity index (χ4n) is 4.34. The minimum Gasteiger partial charge on any atom is -0.377 e. The Morgan fingerprint density at radius 3 is 2.43 bits per heavy atom. The van der Waals surface area contributed by atoms with E-state index in [0.717, 1.165) is 34.2 Å². The first-order chi connectivity index (χ1) is 17.1. The first-order valence-corrected chi connectivity index (χ1v) is 14.3. The van der Waals surface area contributed by atoms with Gasteiger partial charge in [-0.15, -0.1) is 12.4 Å². The van der Waals surface area contributed by atoms with Crippen LogP contribution in [0.1, 0.15) is 34.3 Å². The van der Waals surface area contributed by atoms with Gasteiger partial charge in [-0.3, -0.25) is 9.69 Å². The smallest absolute Gasteiger partial charge is 0.260 e. The van der Waals surface area contributed by atoms with E-state index >= 15 is 0 Å². The van der Waals surface area contributed by atoms with E-state index in [1.54, 1.807) is 24.1 Å². The molecule has 202 valence electrons. The lowest BCUT2D eigenvalue weighted by molar-refractivity contribution is 0.0978. The molecule has 1 unspecified atom stereocenters. The molecule has 1 aromatic heterocycles. The number of anilines is 1. The van der Waals surface area contributed by atoms with Gasteiger partial charge in [0, 0.05) is 38.9 Å². The molecular weight excluding hydrogens is 532 g/mol. The number of thiazole rings is 1. The molecule has 0 radical (unpaired) electrons. The molecule has 1 atom stereocenters. The van der Waals surface area contributed by atoms with Crippen LogP contribution in [0.4, 0.5) is 5.13 Å². The number of sulfonamides is 1. The molecular formula is C26H35ClN4O4S2. The zero-order chi connectivity index (χ0) is 26.0. The first-order valence-electron chi connectivity index (χ1n) is 12.1. The van der Waals surface area contributed by atoms with Gasteiger partial charge in [-0.2, -0.15) is 4.31 Å². The lowest BCUT2D eigenvalue weighted by Crippen LogP contribution is -2.37. The molecule has 4 rings (SSSR count). The number of rotatable bonds is 9. The molecule has 1 fully saturated rings. The minimum atomic E-state index is -3.68. The van der Waals surface area contributed by atoms with Gasteiger partial charge >= 0.3 is 0 Å². The average Bonchev–Trinajstić information content (AvgIpc) is 3.49. The summed E-state index contributed by atoms with van der Waals surface area (Å²) in [4.78, 5) is 22.2. The standard InChI is InChI=1S/C26H34N4O4S2.ClH/c1-18-15-19(2)24-23(16-18)27-26(35-24)30(13-12-28(3)4)25(31)20-8-10-22(11-9-20)36(32,33)29(5)17-21-7-6-14-34-21;/h8-11,15-16,21H,6-7,12-14,17H2,1-5H3;1H. The number of carbonyl (C=O) groups excluding carboxylic acids is 1. The molecule has 2 aromatic carbocycles. The predicted octanol–water partition coefficient (Wildman–Crippen LogP) is 4.34. The van der Waals surface area contributed by atoms with Crippen LogP contribution in [0.2, 0.25) is 0 Å². The fourth-order valence-corrected chi connectivity index (χ4v) is 6.59. The molecule has 1 aliphatic rings. The monoisotopic (exact) mass is 566 g/mol. The molecule has 1 saturated heterocycles. The number of halogens is 1. The zero-order valence-corrected chi connectivity index (χ0v) is 24.4. The Labute approximate surface area is 229 Å². The Hall–Kier alpha value is -2.08.